The van der Waals surface area contributed by atoms with Crippen LogP contribution in [-0.4, -0.2) is 31.0 Å². The number of aromatic nitrogens is 4. The molecule has 4 aromatic rings. The van der Waals surface area contributed by atoms with Crippen LogP contribution in [0, 0.1) is 31.0 Å². The molecular formula is C23H21FN6OS2. The normalized spacial score (nSPS) is 10.8. The van der Waals surface area contributed by atoms with Crippen molar-refractivity contribution >= 4 is 34.8 Å². The molecule has 0 fully saturated rings. The molecule has 1 amide bonds. The third-order valence-electron chi connectivity index (χ3n) is 5.24. The number of nitrogens with zero attached hydrogens (tertiary/aromatic N) is 5. The zero-order valence-electron chi connectivity index (χ0n) is 18.1. The maximum absolute atomic E-state index is 13.9. The van der Waals surface area contributed by atoms with E-state index < -0.39 is 5.82 Å². The third kappa shape index (κ3) is 4.99. The van der Waals surface area contributed by atoms with Gasteiger partial charge in [0.2, 0.25) is 5.91 Å². The van der Waals surface area contributed by atoms with Crippen molar-refractivity contribution in [2.45, 2.75) is 32.0 Å². The van der Waals surface area contributed by atoms with Gasteiger partial charge in [0, 0.05) is 17.1 Å². The predicted molar refractivity (Wildman–Crippen MR) is 127 cm³/mol. The molecule has 3 heterocycles. The first-order valence-corrected chi connectivity index (χ1v) is 12.0. The lowest BCUT2D eigenvalue weighted by Crippen LogP contribution is -2.18. The van der Waals surface area contributed by atoms with Gasteiger partial charge in [0.15, 0.2) is 5.16 Å². The van der Waals surface area contributed by atoms with Gasteiger partial charge in [0.25, 0.3) is 0 Å². The maximum atomic E-state index is 13.9. The molecule has 0 aliphatic heterocycles. The van der Waals surface area contributed by atoms with Crippen LogP contribution in [-0.2, 0) is 17.8 Å². The summed E-state index contributed by atoms with van der Waals surface area (Å²) >= 11 is 2.98. The Kier molecular flexibility index (Phi) is 6.91. The highest BCUT2D eigenvalue weighted by molar-refractivity contribution is 7.99. The van der Waals surface area contributed by atoms with E-state index in [-0.39, 0.29) is 11.7 Å². The summed E-state index contributed by atoms with van der Waals surface area (Å²) in [5, 5.41) is 23.3. The molecule has 0 spiro atoms. The molecule has 4 rings (SSSR count). The second-order valence-electron chi connectivity index (χ2n) is 7.33. The van der Waals surface area contributed by atoms with E-state index in [1.165, 1.54) is 28.8 Å². The molecule has 0 bridgehead atoms. The van der Waals surface area contributed by atoms with Crippen LogP contribution in [0.15, 0.2) is 53.3 Å². The molecule has 0 atom stereocenters. The third-order valence-corrected chi connectivity index (χ3v) is 7.16. The largest absolute Gasteiger partial charge is 0.310 e. The minimum atomic E-state index is -0.397. The van der Waals surface area contributed by atoms with E-state index in [2.05, 4.69) is 27.6 Å². The van der Waals surface area contributed by atoms with Crippen molar-refractivity contribution in [1.29, 1.82) is 5.26 Å². The van der Waals surface area contributed by atoms with Crippen LogP contribution < -0.4 is 5.32 Å². The molecule has 1 aromatic carbocycles. The van der Waals surface area contributed by atoms with Crippen molar-refractivity contribution in [1.82, 2.24) is 19.3 Å². The number of halogens is 1. The van der Waals surface area contributed by atoms with Crippen molar-refractivity contribution in [3.63, 3.8) is 0 Å². The molecule has 3 aromatic heterocycles. The number of hydrogen-bond acceptors (Lipinski definition) is 6. The molecule has 7 nitrogen and oxygen atoms in total. The Hall–Kier alpha value is -3.42. The van der Waals surface area contributed by atoms with Gasteiger partial charge in [-0.3, -0.25) is 9.36 Å². The summed E-state index contributed by atoms with van der Waals surface area (Å²) < 4.78 is 17.5. The fourth-order valence-corrected chi connectivity index (χ4v) is 4.93. The van der Waals surface area contributed by atoms with E-state index in [0.717, 1.165) is 24.2 Å². The van der Waals surface area contributed by atoms with Gasteiger partial charge < -0.3 is 9.88 Å². The van der Waals surface area contributed by atoms with E-state index in [1.54, 1.807) is 34.4 Å². The molecule has 0 aliphatic rings. The number of amides is 1. The molecule has 168 valence electrons. The molecular weight excluding hydrogens is 459 g/mol. The topological polar surface area (TPSA) is 88.5 Å². The lowest BCUT2D eigenvalue weighted by Gasteiger charge is -2.13. The quantitative estimate of drug-likeness (QED) is 0.368. The first-order valence-electron chi connectivity index (χ1n) is 10.2. The fraction of sp³-hybridized carbons (Fsp3) is 0.217. The number of anilines is 1. The van der Waals surface area contributed by atoms with Gasteiger partial charge in [-0.1, -0.05) is 23.9 Å². The van der Waals surface area contributed by atoms with Gasteiger partial charge in [-0.15, -0.1) is 21.5 Å². The second kappa shape index (κ2) is 10.0. The number of rotatable bonds is 8. The number of carbonyl (C=O) groups excluding carboxylic acids is 1. The van der Waals surface area contributed by atoms with E-state index >= 15 is 0 Å². The summed E-state index contributed by atoms with van der Waals surface area (Å²) in [5.74, 6) is -0.261. The second-order valence-corrected chi connectivity index (χ2v) is 9.31. The summed E-state index contributed by atoms with van der Waals surface area (Å²) in [4.78, 5) is 14.1. The summed E-state index contributed by atoms with van der Waals surface area (Å²) in [7, 11) is 0. The lowest BCUT2D eigenvalue weighted by molar-refractivity contribution is -0.113. The Morgan fingerprint density at radius 3 is 2.88 bits per heavy atom. The Bertz CT molecular complexity index is 1320. The van der Waals surface area contributed by atoms with Crippen LogP contribution in [0.4, 0.5) is 10.2 Å². The number of aryl methyl sites for hydroxylation is 2. The number of nitrogens with one attached hydrogen (secondary N) is 1. The van der Waals surface area contributed by atoms with Crippen LogP contribution in [0.5, 0.6) is 0 Å². The first-order chi connectivity index (χ1) is 16.0. The highest BCUT2D eigenvalue weighted by Gasteiger charge is 2.21. The zero-order chi connectivity index (χ0) is 23.4. The minimum Gasteiger partial charge on any atom is -0.310 e. The predicted octanol–water partition coefficient (Wildman–Crippen LogP) is 4.73. The maximum Gasteiger partial charge on any atom is 0.236 e. The highest BCUT2D eigenvalue weighted by Crippen LogP contribution is 2.30. The summed E-state index contributed by atoms with van der Waals surface area (Å²) in [6, 6.07) is 12.3. The summed E-state index contributed by atoms with van der Waals surface area (Å²) in [6.07, 6.45) is 2.52. The van der Waals surface area contributed by atoms with Gasteiger partial charge in [-0.25, -0.2) is 4.39 Å². The fourth-order valence-electron chi connectivity index (χ4n) is 3.49. The van der Waals surface area contributed by atoms with Crippen molar-refractivity contribution in [2.24, 2.45) is 0 Å². The number of benzene rings is 1. The standard InChI is InChI=1S/C23H21FN6OS2/c1-15-16(2)30(18-6-3-5-17(24)11-18)22(20(15)12-25)27-21(31)13-33-23-28-26-14-29(23)9-8-19-7-4-10-32-19/h3-7,10-11,14H,8-9,13H2,1-2H3,(H,27,31). The molecule has 0 aliphatic carbocycles. The van der Waals surface area contributed by atoms with Crippen molar-refractivity contribution in [3.8, 4) is 11.8 Å². The monoisotopic (exact) mass is 480 g/mol. The number of thioether (sulfide) groups is 1. The Morgan fingerprint density at radius 1 is 1.30 bits per heavy atom. The van der Waals surface area contributed by atoms with Crippen LogP contribution >= 0.6 is 23.1 Å². The molecule has 10 heteroatoms. The van der Waals surface area contributed by atoms with Gasteiger partial charge >= 0.3 is 0 Å². The Balaban J connectivity index is 1.49. The highest BCUT2D eigenvalue weighted by atomic mass is 32.2. The molecule has 33 heavy (non-hydrogen) atoms. The van der Waals surface area contributed by atoms with E-state index in [9.17, 15) is 14.4 Å². The average Bonchev–Trinajstić information content (AvgIpc) is 3.52. The van der Waals surface area contributed by atoms with Crippen LogP contribution in [0.1, 0.15) is 21.7 Å². The Labute approximate surface area is 198 Å². The van der Waals surface area contributed by atoms with E-state index in [1.807, 2.05) is 29.9 Å². The van der Waals surface area contributed by atoms with Crippen LogP contribution in [0.3, 0.4) is 0 Å². The lowest BCUT2D eigenvalue weighted by atomic mass is 10.2. The Morgan fingerprint density at radius 2 is 2.15 bits per heavy atom. The summed E-state index contributed by atoms with van der Waals surface area (Å²) in [6.45, 7) is 4.36. The number of carbonyl (C=O) groups is 1. The van der Waals surface area contributed by atoms with Gasteiger partial charge in [-0.2, -0.15) is 5.26 Å². The first kappa shape index (κ1) is 22.8. The number of nitriles is 1. The number of thiophene rings is 1. The molecule has 0 radical (unpaired) electrons. The van der Waals surface area contributed by atoms with Crippen molar-refractivity contribution in [3.05, 3.63) is 75.6 Å². The van der Waals surface area contributed by atoms with Crippen molar-refractivity contribution in [2.75, 3.05) is 11.1 Å². The number of hydrogen-bond donors (Lipinski definition) is 1. The molecule has 0 saturated carbocycles. The van der Waals surface area contributed by atoms with E-state index in [0.29, 0.717) is 22.2 Å². The average molecular weight is 481 g/mol. The minimum absolute atomic E-state index is 0.0923. The van der Waals surface area contributed by atoms with E-state index in [4.69, 9.17) is 0 Å². The summed E-state index contributed by atoms with van der Waals surface area (Å²) in [5.41, 5.74) is 2.38. The molecule has 1 N–H and O–H groups in total. The molecule has 0 unspecified atom stereocenters. The molecule has 0 saturated heterocycles. The smallest absolute Gasteiger partial charge is 0.236 e. The SMILES string of the molecule is Cc1c(C#N)c(NC(=O)CSc2nncn2CCc2cccs2)n(-c2cccc(F)c2)c1C. The van der Waals surface area contributed by atoms with Gasteiger partial charge in [0.1, 0.15) is 24.0 Å². The van der Waals surface area contributed by atoms with Gasteiger partial charge in [-0.05, 0) is 55.5 Å². The van der Waals surface area contributed by atoms with Crippen LogP contribution in [0.25, 0.3) is 5.69 Å². The van der Waals surface area contributed by atoms with Crippen LogP contribution in [0.2, 0.25) is 0 Å². The van der Waals surface area contributed by atoms with Gasteiger partial charge in [0.05, 0.1) is 17.0 Å². The van der Waals surface area contributed by atoms with Crippen molar-refractivity contribution < 1.29 is 9.18 Å². The zero-order valence-corrected chi connectivity index (χ0v) is 19.7.